The van der Waals surface area contributed by atoms with Gasteiger partial charge in [-0.25, -0.2) is 9.59 Å². The van der Waals surface area contributed by atoms with Gasteiger partial charge in [0.25, 0.3) is 5.91 Å². The lowest BCUT2D eigenvalue weighted by molar-refractivity contribution is -0.192. The van der Waals surface area contributed by atoms with Crippen LogP contribution in [0, 0.1) is 0 Å². The summed E-state index contributed by atoms with van der Waals surface area (Å²) in [6.07, 6.45) is -5.08. The number of alkyl halides is 3. The molecule has 3 N–H and O–H groups in total. The number of nitrogens with zero attached hydrogens (tertiary/aromatic N) is 3. The number of aliphatic carboxylic acids is 1. The van der Waals surface area contributed by atoms with Crippen LogP contribution in [0.4, 0.5) is 24.5 Å². The molecule has 14 heteroatoms. The third-order valence-electron chi connectivity index (χ3n) is 5.67. The van der Waals surface area contributed by atoms with Crippen LogP contribution in [0.5, 0.6) is 0 Å². The minimum atomic E-state index is -5.08. The molecule has 1 saturated heterocycles. The minimum absolute atomic E-state index is 0.119. The second kappa shape index (κ2) is 13.8. The Morgan fingerprint density at radius 1 is 1.03 bits per heavy atom. The summed E-state index contributed by atoms with van der Waals surface area (Å²) in [5, 5.41) is 21.2. The molecule has 1 aliphatic rings. The lowest BCUT2D eigenvalue weighted by atomic mass is 10.1. The van der Waals surface area contributed by atoms with Crippen LogP contribution in [0.15, 0.2) is 35.7 Å². The molecule has 1 fully saturated rings. The molecule has 0 unspecified atom stereocenters. The quantitative estimate of drug-likeness (QED) is 0.450. The van der Waals surface area contributed by atoms with Gasteiger partial charge in [-0.05, 0) is 43.5 Å². The Kier molecular flexibility index (Phi) is 11.1. The van der Waals surface area contributed by atoms with Gasteiger partial charge in [0.05, 0.1) is 28.4 Å². The van der Waals surface area contributed by atoms with E-state index in [1.54, 1.807) is 24.3 Å². The first-order valence-corrected chi connectivity index (χ1v) is 12.5. The predicted octanol–water partition coefficient (Wildman–Crippen LogP) is 3.32. The third-order valence-corrected chi connectivity index (χ3v) is 6.54. The van der Waals surface area contributed by atoms with Crippen molar-refractivity contribution in [1.82, 2.24) is 9.80 Å². The van der Waals surface area contributed by atoms with Crippen LogP contribution in [-0.4, -0.2) is 95.8 Å². The highest BCUT2D eigenvalue weighted by molar-refractivity contribution is 7.12. The van der Waals surface area contributed by atoms with Crippen LogP contribution >= 0.6 is 11.3 Å². The van der Waals surface area contributed by atoms with Gasteiger partial charge in [0.1, 0.15) is 0 Å². The molecule has 0 aliphatic carbocycles. The number of aromatic carboxylic acids is 1. The molecule has 3 rings (SSSR count). The number of amides is 2. The number of hydrogen-bond donors (Lipinski definition) is 3. The average Bonchev–Trinajstić information content (AvgIpc) is 3.40. The molecular formula is C24H29F3N4O6S. The summed E-state index contributed by atoms with van der Waals surface area (Å²) in [6.45, 7) is 8.56. The maximum absolute atomic E-state index is 12.6. The molecule has 2 amide bonds. The zero-order valence-electron chi connectivity index (χ0n) is 20.8. The number of carbonyl (C=O) groups is 4. The Morgan fingerprint density at radius 2 is 1.63 bits per heavy atom. The first-order chi connectivity index (χ1) is 17.9. The summed E-state index contributed by atoms with van der Waals surface area (Å²) in [7, 11) is 0. The fourth-order valence-corrected chi connectivity index (χ4v) is 4.27. The van der Waals surface area contributed by atoms with E-state index in [2.05, 4.69) is 15.1 Å². The number of rotatable bonds is 8. The SMILES string of the molecule is CCN(CC)C(=O)CN1CCN(c2ccc(C(=O)O)cc2NC(=O)c2cccs2)CC1.O=C(O)C(F)(F)F. The van der Waals surface area contributed by atoms with Gasteiger partial charge in [-0.2, -0.15) is 13.2 Å². The molecule has 38 heavy (non-hydrogen) atoms. The van der Waals surface area contributed by atoms with E-state index in [0.717, 1.165) is 5.69 Å². The number of carboxylic acids is 2. The van der Waals surface area contributed by atoms with Crippen LogP contribution in [0.3, 0.4) is 0 Å². The number of halogens is 3. The van der Waals surface area contributed by atoms with E-state index < -0.39 is 18.1 Å². The fourth-order valence-electron chi connectivity index (χ4n) is 3.65. The summed E-state index contributed by atoms with van der Waals surface area (Å²) in [6, 6.07) is 8.32. The molecule has 0 radical (unpaired) electrons. The molecule has 10 nitrogen and oxygen atoms in total. The van der Waals surface area contributed by atoms with E-state index in [4.69, 9.17) is 9.90 Å². The average molecular weight is 559 g/mol. The van der Waals surface area contributed by atoms with Gasteiger partial charge in [0.15, 0.2) is 0 Å². The third kappa shape index (κ3) is 8.73. The molecule has 0 spiro atoms. The number of likely N-dealkylation sites (N-methyl/N-ethyl adjacent to an activating group) is 1. The molecule has 2 heterocycles. The Hall–Kier alpha value is -3.65. The lowest BCUT2D eigenvalue weighted by Gasteiger charge is -2.37. The fraction of sp³-hybridized carbons (Fsp3) is 0.417. The summed E-state index contributed by atoms with van der Waals surface area (Å²) in [4.78, 5) is 51.9. The van der Waals surface area contributed by atoms with Crippen molar-refractivity contribution < 1.29 is 42.6 Å². The Balaban J connectivity index is 0.000000638. The van der Waals surface area contributed by atoms with Gasteiger partial charge in [0, 0.05) is 39.3 Å². The van der Waals surface area contributed by atoms with Gasteiger partial charge >= 0.3 is 18.1 Å². The first kappa shape index (κ1) is 30.6. The topological polar surface area (TPSA) is 130 Å². The summed E-state index contributed by atoms with van der Waals surface area (Å²) >= 11 is 1.33. The van der Waals surface area contributed by atoms with Crippen molar-refractivity contribution in [1.29, 1.82) is 0 Å². The monoisotopic (exact) mass is 558 g/mol. The highest BCUT2D eigenvalue weighted by Crippen LogP contribution is 2.29. The van der Waals surface area contributed by atoms with Gasteiger partial charge < -0.3 is 25.3 Å². The molecule has 208 valence electrons. The van der Waals surface area contributed by atoms with E-state index in [-0.39, 0.29) is 17.4 Å². The minimum Gasteiger partial charge on any atom is -0.478 e. The van der Waals surface area contributed by atoms with Crippen LogP contribution in [-0.2, 0) is 9.59 Å². The summed E-state index contributed by atoms with van der Waals surface area (Å²) in [5.74, 6) is -3.93. The first-order valence-electron chi connectivity index (χ1n) is 11.6. The molecule has 1 aromatic carbocycles. The van der Waals surface area contributed by atoms with Gasteiger partial charge in [-0.15, -0.1) is 11.3 Å². The molecule has 0 bridgehead atoms. The van der Waals surface area contributed by atoms with Gasteiger partial charge in [-0.3, -0.25) is 14.5 Å². The summed E-state index contributed by atoms with van der Waals surface area (Å²) < 4.78 is 31.7. The van der Waals surface area contributed by atoms with Crippen LogP contribution < -0.4 is 10.2 Å². The van der Waals surface area contributed by atoms with Crippen molar-refractivity contribution in [2.75, 3.05) is 56.0 Å². The maximum Gasteiger partial charge on any atom is 0.490 e. The molecule has 0 saturated carbocycles. The number of thiophene rings is 1. The van der Waals surface area contributed by atoms with Crippen molar-refractivity contribution in [2.24, 2.45) is 0 Å². The molecule has 2 aromatic rings. The van der Waals surface area contributed by atoms with Gasteiger partial charge in [-0.1, -0.05) is 6.07 Å². The highest BCUT2D eigenvalue weighted by atomic mass is 32.1. The molecule has 1 aromatic heterocycles. The Bertz CT molecular complexity index is 1110. The number of carbonyl (C=O) groups excluding carboxylic acids is 2. The Morgan fingerprint density at radius 3 is 2.11 bits per heavy atom. The van der Waals surface area contributed by atoms with Gasteiger partial charge in [0.2, 0.25) is 5.91 Å². The van der Waals surface area contributed by atoms with E-state index >= 15 is 0 Å². The lowest BCUT2D eigenvalue weighted by Crippen LogP contribution is -2.50. The predicted molar refractivity (Wildman–Crippen MR) is 136 cm³/mol. The van der Waals surface area contributed by atoms with Crippen molar-refractivity contribution in [3.8, 4) is 0 Å². The zero-order chi connectivity index (χ0) is 28.5. The maximum atomic E-state index is 12.6. The molecule has 1 aliphatic heterocycles. The number of benzene rings is 1. The number of anilines is 2. The van der Waals surface area contributed by atoms with Crippen LogP contribution in [0.2, 0.25) is 0 Å². The largest absolute Gasteiger partial charge is 0.490 e. The zero-order valence-corrected chi connectivity index (χ0v) is 21.6. The summed E-state index contributed by atoms with van der Waals surface area (Å²) in [5.41, 5.74) is 1.38. The van der Waals surface area contributed by atoms with Crippen LogP contribution in [0.1, 0.15) is 33.9 Å². The number of piperazine rings is 1. The number of hydrogen-bond acceptors (Lipinski definition) is 7. The second-order valence-corrected chi connectivity index (χ2v) is 9.05. The van der Waals surface area contributed by atoms with Crippen molar-refractivity contribution >= 4 is 46.5 Å². The highest BCUT2D eigenvalue weighted by Gasteiger charge is 2.38. The van der Waals surface area contributed by atoms with Crippen molar-refractivity contribution in [2.45, 2.75) is 20.0 Å². The van der Waals surface area contributed by atoms with E-state index in [1.165, 1.54) is 17.4 Å². The number of carboxylic acid groups (broad SMARTS) is 2. The molecule has 0 atom stereocenters. The normalized spacial score (nSPS) is 13.8. The number of nitrogens with one attached hydrogen (secondary N) is 1. The smallest absolute Gasteiger partial charge is 0.478 e. The van der Waals surface area contributed by atoms with Crippen molar-refractivity contribution in [3.05, 3.63) is 46.2 Å². The van der Waals surface area contributed by atoms with E-state index in [9.17, 15) is 32.7 Å². The Labute approximate surface area is 221 Å². The van der Waals surface area contributed by atoms with E-state index in [1.807, 2.05) is 24.1 Å². The van der Waals surface area contributed by atoms with Crippen LogP contribution in [0.25, 0.3) is 0 Å². The van der Waals surface area contributed by atoms with E-state index in [0.29, 0.717) is 56.4 Å². The van der Waals surface area contributed by atoms with Crippen molar-refractivity contribution in [3.63, 3.8) is 0 Å². The molecular weight excluding hydrogens is 529 g/mol. The standard InChI is InChI=1S/C22H28N4O4S.C2HF3O2/c1-3-25(4-2)20(27)15-24-9-11-26(12-10-24)18-8-7-16(22(29)30)14-17(18)23-21(28)19-6-5-13-31-19;3-2(4,5)1(6)7/h5-8,13-14H,3-4,9-12,15H2,1-2H3,(H,23,28)(H,29,30);(H,6,7). The second-order valence-electron chi connectivity index (χ2n) is 8.10.